The third-order valence-electron chi connectivity index (χ3n) is 2.53. The van der Waals surface area contributed by atoms with Crippen molar-refractivity contribution in [3.8, 4) is 0 Å². The van der Waals surface area contributed by atoms with Crippen LogP contribution in [0.25, 0.3) is 0 Å². The molecule has 0 radical (unpaired) electrons. The molecule has 0 bridgehead atoms. The molecule has 0 saturated carbocycles. The highest BCUT2D eigenvalue weighted by molar-refractivity contribution is 5.86. The van der Waals surface area contributed by atoms with Crippen LogP contribution in [0.15, 0.2) is 0 Å². The molecule has 0 aromatic rings. The van der Waals surface area contributed by atoms with Crippen molar-refractivity contribution >= 4 is 11.8 Å². The topological polar surface area (TPSA) is 70.7 Å². The van der Waals surface area contributed by atoms with Crippen LogP contribution in [0.2, 0.25) is 0 Å². The fourth-order valence-electron chi connectivity index (χ4n) is 1.55. The van der Waals surface area contributed by atoms with Crippen LogP contribution < -0.4 is 10.6 Å². The van der Waals surface area contributed by atoms with Gasteiger partial charge in [0.15, 0.2) is 0 Å². The molecule has 0 aliphatic carbocycles. The number of likely N-dealkylation sites (N-methyl/N-ethyl adjacent to an activating group) is 1. The summed E-state index contributed by atoms with van der Waals surface area (Å²) in [4.78, 5) is 24.8. The molecule has 98 valence electrons. The first-order valence-electron chi connectivity index (χ1n) is 5.90. The lowest BCUT2D eigenvalue weighted by Crippen LogP contribution is -2.42. The minimum absolute atomic E-state index is 0.0200. The minimum atomic E-state index is -0.371. The summed E-state index contributed by atoms with van der Waals surface area (Å²) in [5, 5.41) is 5.30. The van der Waals surface area contributed by atoms with Gasteiger partial charge in [0, 0.05) is 19.7 Å². The van der Waals surface area contributed by atoms with Crippen molar-refractivity contribution < 1.29 is 14.3 Å². The minimum Gasteiger partial charge on any atom is -0.368 e. The zero-order valence-corrected chi connectivity index (χ0v) is 10.5. The Balaban J connectivity index is 2.08. The Kier molecular flexibility index (Phi) is 5.93. The lowest BCUT2D eigenvalue weighted by Gasteiger charge is -2.12. The van der Waals surface area contributed by atoms with Crippen molar-refractivity contribution in [2.24, 2.45) is 0 Å². The van der Waals surface area contributed by atoms with Crippen molar-refractivity contribution in [3.05, 3.63) is 0 Å². The van der Waals surface area contributed by atoms with Gasteiger partial charge in [0.25, 0.3) is 0 Å². The molecule has 1 atom stereocenters. The SMILES string of the molecule is CN(C)CCNC(=O)CNC(=O)C1CCCO1. The van der Waals surface area contributed by atoms with Crippen LogP contribution in [0, 0.1) is 0 Å². The fourth-order valence-corrected chi connectivity index (χ4v) is 1.55. The van der Waals surface area contributed by atoms with Crippen molar-refractivity contribution in [1.82, 2.24) is 15.5 Å². The molecule has 6 heteroatoms. The average molecular weight is 243 g/mol. The Bertz CT molecular complexity index is 263. The standard InChI is InChI=1S/C11H21N3O3/c1-14(2)6-5-12-10(15)8-13-11(16)9-4-3-7-17-9/h9H,3-8H2,1-2H3,(H,12,15)(H,13,16). The molecular weight excluding hydrogens is 222 g/mol. The van der Waals surface area contributed by atoms with Gasteiger partial charge in [-0.25, -0.2) is 0 Å². The molecule has 1 fully saturated rings. The first-order chi connectivity index (χ1) is 8.09. The summed E-state index contributed by atoms with van der Waals surface area (Å²) in [5.74, 6) is -0.358. The van der Waals surface area contributed by atoms with Crippen molar-refractivity contribution in [1.29, 1.82) is 0 Å². The average Bonchev–Trinajstić information content (AvgIpc) is 2.78. The van der Waals surface area contributed by atoms with Gasteiger partial charge in [0.2, 0.25) is 11.8 Å². The van der Waals surface area contributed by atoms with Gasteiger partial charge >= 0.3 is 0 Å². The third-order valence-corrected chi connectivity index (χ3v) is 2.53. The summed E-state index contributed by atoms with van der Waals surface area (Å²) < 4.78 is 5.21. The van der Waals surface area contributed by atoms with Gasteiger partial charge in [0.1, 0.15) is 6.10 Å². The number of carbonyl (C=O) groups excluding carboxylic acids is 2. The number of carbonyl (C=O) groups is 2. The van der Waals surface area contributed by atoms with E-state index in [-0.39, 0.29) is 24.5 Å². The lowest BCUT2D eigenvalue weighted by atomic mass is 10.2. The molecule has 0 aromatic carbocycles. The molecule has 1 rings (SSSR count). The van der Waals surface area contributed by atoms with E-state index in [4.69, 9.17) is 4.74 Å². The largest absolute Gasteiger partial charge is 0.368 e. The van der Waals surface area contributed by atoms with Gasteiger partial charge in [0.05, 0.1) is 6.54 Å². The number of hydrogen-bond acceptors (Lipinski definition) is 4. The Morgan fingerprint density at radius 1 is 1.35 bits per heavy atom. The van der Waals surface area contributed by atoms with E-state index in [1.807, 2.05) is 19.0 Å². The van der Waals surface area contributed by atoms with Gasteiger partial charge in [-0.1, -0.05) is 0 Å². The summed E-state index contributed by atoms with van der Waals surface area (Å²) in [6.45, 7) is 2.02. The second-order valence-corrected chi connectivity index (χ2v) is 4.37. The van der Waals surface area contributed by atoms with Crippen LogP contribution in [0.3, 0.4) is 0 Å². The summed E-state index contributed by atoms with van der Waals surface area (Å²) in [5.41, 5.74) is 0. The summed E-state index contributed by atoms with van der Waals surface area (Å²) >= 11 is 0. The van der Waals surface area contributed by atoms with Crippen molar-refractivity contribution in [2.75, 3.05) is 40.3 Å². The van der Waals surface area contributed by atoms with Gasteiger partial charge in [-0.3, -0.25) is 9.59 Å². The molecule has 6 nitrogen and oxygen atoms in total. The number of amides is 2. The maximum Gasteiger partial charge on any atom is 0.249 e. The number of ether oxygens (including phenoxy) is 1. The monoisotopic (exact) mass is 243 g/mol. The zero-order chi connectivity index (χ0) is 12.7. The van der Waals surface area contributed by atoms with Gasteiger partial charge in [-0.15, -0.1) is 0 Å². The van der Waals surface area contributed by atoms with E-state index >= 15 is 0 Å². The number of hydrogen-bond donors (Lipinski definition) is 2. The molecule has 1 aliphatic rings. The molecule has 17 heavy (non-hydrogen) atoms. The molecule has 2 amide bonds. The van der Waals surface area contributed by atoms with Gasteiger partial charge in [-0.2, -0.15) is 0 Å². The molecule has 1 saturated heterocycles. The molecular formula is C11H21N3O3. The first kappa shape index (κ1) is 13.9. The van der Waals surface area contributed by atoms with Crippen LogP contribution >= 0.6 is 0 Å². The van der Waals surface area contributed by atoms with Crippen LogP contribution in [0.1, 0.15) is 12.8 Å². The van der Waals surface area contributed by atoms with E-state index in [0.29, 0.717) is 13.2 Å². The van der Waals surface area contributed by atoms with E-state index in [1.54, 1.807) is 0 Å². The van der Waals surface area contributed by atoms with Crippen LogP contribution in [-0.4, -0.2) is 63.2 Å². The number of rotatable bonds is 6. The van der Waals surface area contributed by atoms with E-state index in [0.717, 1.165) is 19.4 Å². The fraction of sp³-hybridized carbons (Fsp3) is 0.818. The Morgan fingerprint density at radius 3 is 2.71 bits per heavy atom. The molecule has 0 aromatic heterocycles. The van der Waals surface area contributed by atoms with E-state index in [1.165, 1.54) is 0 Å². The predicted octanol–water partition coefficient (Wildman–Crippen LogP) is -1.04. The second kappa shape index (κ2) is 7.24. The summed E-state index contributed by atoms with van der Waals surface area (Å²) in [6, 6.07) is 0. The van der Waals surface area contributed by atoms with Gasteiger partial charge < -0.3 is 20.3 Å². The zero-order valence-electron chi connectivity index (χ0n) is 10.5. The third kappa shape index (κ3) is 5.65. The molecule has 0 spiro atoms. The highest BCUT2D eigenvalue weighted by Crippen LogP contribution is 2.11. The molecule has 1 heterocycles. The first-order valence-corrected chi connectivity index (χ1v) is 5.90. The molecule has 2 N–H and O–H groups in total. The van der Waals surface area contributed by atoms with E-state index < -0.39 is 0 Å². The number of nitrogens with one attached hydrogen (secondary N) is 2. The van der Waals surface area contributed by atoms with Crippen molar-refractivity contribution in [2.45, 2.75) is 18.9 Å². The smallest absolute Gasteiger partial charge is 0.249 e. The van der Waals surface area contributed by atoms with E-state index in [9.17, 15) is 9.59 Å². The lowest BCUT2D eigenvalue weighted by molar-refractivity contribution is -0.132. The Labute approximate surface area is 102 Å². The quantitative estimate of drug-likeness (QED) is 0.625. The molecule has 1 aliphatic heterocycles. The predicted molar refractivity (Wildman–Crippen MR) is 63.5 cm³/mol. The van der Waals surface area contributed by atoms with Crippen molar-refractivity contribution in [3.63, 3.8) is 0 Å². The highest BCUT2D eigenvalue weighted by atomic mass is 16.5. The van der Waals surface area contributed by atoms with Crippen LogP contribution in [-0.2, 0) is 14.3 Å². The summed E-state index contributed by atoms with van der Waals surface area (Å²) in [7, 11) is 3.87. The normalized spacial score (nSPS) is 19.4. The van der Waals surface area contributed by atoms with E-state index in [2.05, 4.69) is 10.6 Å². The van der Waals surface area contributed by atoms with Crippen LogP contribution in [0.4, 0.5) is 0 Å². The maximum absolute atomic E-state index is 11.5. The highest BCUT2D eigenvalue weighted by Gasteiger charge is 2.23. The van der Waals surface area contributed by atoms with Crippen LogP contribution in [0.5, 0.6) is 0 Å². The maximum atomic E-state index is 11.5. The summed E-state index contributed by atoms with van der Waals surface area (Å²) in [6.07, 6.45) is 1.28. The Morgan fingerprint density at radius 2 is 2.12 bits per heavy atom. The Hall–Kier alpha value is -1.14. The second-order valence-electron chi connectivity index (χ2n) is 4.37. The van der Waals surface area contributed by atoms with Gasteiger partial charge in [-0.05, 0) is 26.9 Å². The number of nitrogens with zero attached hydrogens (tertiary/aromatic N) is 1. The molecule has 1 unspecified atom stereocenters.